The lowest BCUT2D eigenvalue weighted by Gasteiger charge is -2.37. The molecule has 0 spiro atoms. The Morgan fingerprint density at radius 2 is 2.19 bits per heavy atom. The van der Waals surface area contributed by atoms with E-state index < -0.39 is 0 Å². The van der Waals surface area contributed by atoms with Gasteiger partial charge in [0.25, 0.3) is 0 Å². The third-order valence-electron chi connectivity index (χ3n) is 3.13. The second kappa shape index (κ2) is 4.86. The summed E-state index contributed by atoms with van der Waals surface area (Å²) >= 11 is 3.67. The average molecular weight is 283 g/mol. The van der Waals surface area contributed by atoms with Crippen molar-refractivity contribution in [3.05, 3.63) is 33.8 Å². The van der Waals surface area contributed by atoms with Crippen molar-refractivity contribution in [1.29, 1.82) is 0 Å². The predicted molar refractivity (Wildman–Crippen MR) is 71.7 cm³/mol. The summed E-state index contributed by atoms with van der Waals surface area (Å²) < 4.78 is 1.24. The molecule has 2 N–H and O–H groups in total. The van der Waals surface area contributed by atoms with Crippen LogP contribution in [0.25, 0.3) is 0 Å². The first-order valence-corrected chi connectivity index (χ1v) is 6.58. The van der Waals surface area contributed by atoms with E-state index in [2.05, 4.69) is 46.1 Å². The van der Waals surface area contributed by atoms with Gasteiger partial charge in [0.05, 0.1) is 0 Å². The number of likely N-dealkylation sites (N-methyl/N-ethyl adjacent to an activating group) is 1. The van der Waals surface area contributed by atoms with Crippen LogP contribution < -0.4 is 5.73 Å². The SMILES string of the molecule is CC(N)Cc1ccc(C2CN(C)C2)c(Br)c1. The molecule has 1 saturated heterocycles. The van der Waals surface area contributed by atoms with Gasteiger partial charge in [-0.3, -0.25) is 0 Å². The van der Waals surface area contributed by atoms with Crippen LogP contribution in [0.15, 0.2) is 22.7 Å². The van der Waals surface area contributed by atoms with Crippen LogP contribution in [-0.4, -0.2) is 31.1 Å². The first-order chi connectivity index (χ1) is 7.56. The van der Waals surface area contributed by atoms with Gasteiger partial charge in [0.1, 0.15) is 0 Å². The molecule has 0 saturated carbocycles. The highest BCUT2D eigenvalue weighted by Gasteiger charge is 2.26. The molecular weight excluding hydrogens is 264 g/mol. The van der Waals surface area contributed by atoms with Crippen LogP contribution in [0.3, 0.4) is 0 Å². The van der Waals surface area contributed by atoms with Gasteiger partial charge in [0, 0.05) is 29.5 Å². The lowest BCUT2D eigenvalue weighted by atomic mass is 9.91. The van der Waals surface area contributed by atoms with Crippen molar-refractivity contribution in [3.63, 3.8) is 0 Å². The molecule has 0 amide bonds. The molecule has 16 heavy (non-hydrogen) atoms. The smallest absolute Gasteiger partial charge is 0.0213 e. The summed E-state index contributed by atoms with van der Waals surface area (Å²) in [5.74, 6) is 0.698. The van der Waals surface area contributed by atoms with Gasteiger partial charge < -0.3 is 10.6 Å². The van der Waals surface area contributed by atoms with Gasteiger partial charge in [-0.25, -0.2) is 0 Å². The zero-order chi connectivity index (χ0) is 11.7. The van der Waals surface area contributed by atoms with Crippen LogP contribution >= 0.6 is 15.9 Å². The Morgan fingerprint density at radius 3 is 2.69 bits per heavy atom. The molecule has 1 aromatic carbocycles. The van der Waals surface area contributed by atoms with Gasteiger partial charge in [-0.1, -0.05) is 28.1 Å². The molecule has 1 atom stereocenters. The Bertz CT molecular complexity index is 370. The van der Waals surface area contributed by atoms with Crippen LogP contribution in [-0.2, 0) is 6.42 Å². The maximum absolute atomic E-state index is 5.81. The van der Waals surface area contributed by atoms with Gasteiger partial charge in [-0.05, 0) is 37.6 Å². The summed E-state index contributed by atoms with van der Waals surface area (Å²) in [5.41, 5.74) is 8.56. The third kappa shape index (κ3) is 2.65. The topological polar surface area (TPSA) is 29.3 Å². The zero-order valence-corrected chi connectivity index (χ0v) is 11.5. The monoisotopic (exact) mass is 282 g/mol. The maximum Gasteiger partial charge on any atom is 0.0213 e. The molecule has 2 nitrogen and oxygen atoms in total. The van der Waals surface area contributed by atoms with Crippen molar-refractivity contribution in [1.82, 2.24) is 4.90 Å². The molecular formula is C13H19BrN2. The fourth-order valence-electron chi connectivity index (χ4n) is 2.30. The minimum Gasteiger partial charge on any atom is -0.328 e. The quantitative estimate of drug-likeness (QED) is 0.922. The normalized spacial score (nSPS) is 19.5. The van der Waals surface area contributed by atoms with E-state index in [4.69, 9.17) is 5.73 Å². The number of nitrogens with zero attached hydrogens (tertiary/aromatic N) is 1. The van der Waals surface area contributed by atoms with Gasteiger partial charge in [-0.15, -0.1) is 0 Å². The molecule has 1 aliphatic rings. The number of halogens is 1. The van der Waals surface area contributed by atoms with E-state index in [1.807, 2.05) is 6.92 Å². The number of nitrogens with two attached hydrogens (primary N) is 1. The van der Waals surface area contributed by atoms with Crippen LogP contribution in [0.4, 0.5) is 0 Å². The zero-order valence-electron chi connectivity index (χ0n) is 9.91. The van der Waals surface area contributed by atoms with Gasteiger partial charge in [0.15, 0.2) is 0 Å². The highest BCUT2D eigenvalue weighted by Crippen LogP contribution is 2.32. The third-order valence-corrected chi connectivity index (χ3v) is 3.81. The molecule has 0 aromatic heterocycles. The number of hydrogen-bond donors (Lipinski definition) is 1. The van der Waals surface area contributed by atoms with Gasteiger partial charge in [-0.2, -0.15) is 0 Å². The molecule has 1 aromatic rings. The number of likely N-dealkylation sites (tertiary alicyclic amines) is 1. The highest BCUT2D eigenvalue weighted by molar-refractivity contribution is 9.10. The molecule has 3 heteroatoms. The van der Waals surface area contributed by atoms with E-state index in [1.54, 1.807) is 0 Å². The van der Waals surface area contributed by atoms with Gasteiger partial charge >= 0.3 is 0 Å². The van der Waals surface area contributed by atoms with Crippen LogP contribution in [0.2, 0.25) is 0 Å². The van der Waals surface area contributed by atoms with Crippen molar-refractivity contribution in [3.8, 4) is 0 Å². The molecule has 0 aliphatic carbocycles. The lowest BCUT2D eigenvalue weighted by Crippen LogP contribution is -2.41. The first-order valence-electron chi connectivity index (χ1n) is 5.78. The molecule has 1 heterocycles. The lowest BCUT2D eigenvalue weighted by molar-refractivity contribution is 0.189. The second-order valence-electron chi connectivity index (χ2n) is 4.96. The van der Waals surface area contributed by atoms with E-state index in [9.17, 15) is 0 Å². The largest absolute Gasteiger partial charge is 0.328 e. The summed E-state index contributed by atoms with van der Waals surface area (Å²) in [7, 11) is 2.16. The van der Waals surface area contributed by atoms with Gasteiger partial charge in [0.2, 0.25) is 0 Å². The minimum atomic E-state index is 0.229. The van der Waals surface area contributed by atoms with E-state index in [1.165, 1.54) is 28.7 Å². The van der Waals surface area contributed by atoms with E-state index in [0.717, 1.165) is 6.42 Å². The molecule has 0 radical (unpaired) electrons. The molecule has 0 bridgehead atoms. The fourth-order valence-corrected chi connectivity index (χ4v) is 3.05. The Balaban J connectivity index is 2.11. The van der Waals surface area contributed by atoms with Crippen molar-refractivity contribution in [2.24, 2.45) is 5.73 Å². The average Bonchev–Trinajstić information content (AvgIpc) is 2.13. The fraction of sp³-hybridized carbons (Fsp3) is 0.538. The van der Waals surface area contributed by atoms with Crippen LogP contribution in [0, 0.1) is 0 Å². The Hall–Kier alpha value is -0.380. The van der Waals surface area contributed by atoms with Crippen LogP contribution in [0.1, 0.15) is 24.0 Å². The number of hydrogen-bond acceptors (Lipinski definition) is 2. The predicted octanol–water partition coefficient (Wildman–Crippen LogP) is 2.37. The summed E-state index contributed by atoms with van der Waals surface area (Å²) in [4.78, 5) is 2.34. The Kier molecular flexibility index (Phi) is 3.67. The van der Waals surface area contributed by atoms with E-state index in [-0.39, 0.29) is 6.04 Å². The van der Waals surface area contributed by atoms with Crippen molar-refractivity contribution in [2.75, 3.05) is 20.1 Å². The number of benzene rings is 1. The standard InChI is InChI=1S/C13H19BrN2/c1-9(15)5-10-3-4-12(13(14)6-10)11-7-16(2)8-11/h3-4,6,9,11H,5,7-8,15H2,1-2H3. The summed E-state index contributed by atoms with van der Waals surface area (Å²) in [5, 5.41) is 0. The molecule has 1 unspecified atom stereocenters. The molecule has 1 fully saturated rings. The maximum atomic E-state index is 5.81. The molecule has 2 rings (SSSR count). The number of rotatable bonds is 3. The Labute approximate surface area is 106 Å². The second-order valence-corrected chi connectivity index (χ2v) is 5.81. The first kappa shape index (κ1) is 12.1. The Morgan fingerprint density at radius 1 is 1.50 bits per heavy atom. The van der Waals surface area contributed by atoms with Crippen molar-refractivity contribution < 1.29 is 0 Å². The minimum absolute atomic E-state index is 0.229. The summed E-state index contributed by atoms with van der Waals surface area (Å²) in [6, 6.07) is 6.91. The van der Waals surface area contributed by atoms with E-state index >= 15 is 0 Å². The van der Waals surface area contributed by atoms with Crippen molar-refractivity contribution >= 4 is 15.9 Å². The highest BCUT2D eigenvalue weighted by atomic mass is 79.9. The molecule has 1 aliphatic heterocycles. The summed E-state index contributed by atoms with van der Waals surface area (Å²) in [6.07, 6.45) is 0.948. The van der Waals surface area contributed by atoms with Crippen LogP contribution in [0.5, 0.6) is 0 Å². The molecule has 88 valence electrons. The van der Waals surface area contributed by atoms with Crippen molar-refractivity contribution in [2.45, 2.75) is 25.3 Å². The van der Waals surface area contributed by atoms with E-state index in [0.29, 0.717) is 5.92 Å². The summed E-state index contributed by atoms with van der Waals surface area (Å²) in [6.45, 7) is 4.39.